The molecule has 0 spiro atoms. The normalized spacial score (nSPS) is 14.9. The Kier molecular flexibility index (Phi) is 7.40. The van der Waals surface area contributed by atoms with Gasteiger partial charge in [-0.15, -0.1) is 23.1 Å². The van der Waals surface area contributed by atoms with Crippen LogP contribution in [0.15, 0.2) is 41.3 Å². The number of rotatable bonds is 6. The Bertz CT molecular complexity index is 832. The number of amides is 2. The van der Waals surface area contributed by atoms with E-state index in [2.05, 4.69) is 11.0 Å². The fourth-order valence-corrected chi connectivity index (χ4v) is 5.13. The lowest BCUT2D eigenvalue weighted by atomic mass is 10.2. The molecule has 0 atom stereocenters. The first kappa shape index (κ1) is 21.2. The van der Waals surface area contributed by atoms with E-state index in [1.54, 1.807) is 30.3 Å². The predicted molar refractivity (Wildman–Crippen MR) is 116 cm³/mol. The number of carbonyl (C=O) groups is 2. The molecule has 0 bridgehead atoms. The smallest absolute Gasteiger partial charge is 0.255 e. The molecule has 0 N–H and O–H groups in total. The minimum absolute atomic E-state index is 0.0366. The lowest BCUT2D eigenvalue weighted by Crippen LogP contribution is -2.48. The summed E-state index contributed by atoms with van der Waals surface area (Å²) in [4.78, 5) is 32.9. The first-order chi connectivity index (χ1) is 13.4. The van der Waals surface area contributed by atoms with E-state index in [0.29, 0.717) is 24.4 Å². The summed E-state index contributed by atoms with van der Waals surface area (Å²) in [6, 6.07) is 11.5. The van der Waals surface area contributed by atoms with E-state index in [1.165, 1.54) is 16.6 Å². The molecular weight excluding hydrogens is 414 g/mol. The maximum atomic E-state index is 13.1. The van der Waals surface area contributed by atoms with Gasteiger partial charge in [0, 0.05) is 56.6 Å². The molecule has 2 aromatic rings. The third-order valence-electron chi connectivity index (χ3n) is 4.64. The molecule has 5 nitrogen and oxygen atoms in total. The van der Waals surface area contributed by atoms with Crippen molar-refractivity contribution in [3.8, 4) is 0 Å². The Morgan fingerprint density at radius 2 is 1.82 bits per heavy atom. The summed E-state index contributed by atoms with van der Waals surface area (Å²) in [6.07, 6.45) is 0. The summed E-state index contributed by atoms with van der Waals surface area (Å²) in [5, 5.41) is 0. The number of hydrogen-bond acceptors (Lipinski definition) is 5. The minimum atomic E-state index is 0.0366. The maximum Gasteiger partial charge on any atom is 0.255 e. The van der Waals surface area contributed by atoms with Crippen LogP contribution in [-0.4, -0.2) is 72.5 Å². The van der Waals surface area contributed by atoms with E-state index in [1.807, 2.05) is 35.2 Å². The van der Waals surface area contributed by atoms with Crippen molar-refractivity contribution in [2.24, 2.45) is 0 Å². The van der Waals surface area contributed by atoms with Gasteiger partial charge in [0.05, 0.1) is 15.7 Å². The molecule has 150 valence electrons. The van der Waals surface area contributed by atoms with Crippen LogP contribution in [0.2, 0.25) is 4.34 Å². The van der Waals surface area contributed by atoms with Crippen LogP contribution < -0.4 is 0 Å². The van der Waals surface area contributed by atoms with Crippen LogP contribution >= 0.6 is 34.7 Å². The zero-order valence-corrected chi connectivity index (χ0v) is 18.4. The van der Waals surface area contributed by atoms with E-state index < -0.39 is 0 Å². The summed E-state index contributed by atoms with van der Waals surface area (Å²) in [5.74, 6) is 0.405. The Morgan fingerprint density at radius 3 is 2.46 bits per heavy atom. The summed E-state index contributed by atoms with van der Waals surface area (Å²) >= 11 is 9.04. The van der Waals surface area contributed by atoms with Crippen molar-refractivity contribution in [1.82, 2.24) is 14.7 Å². The molecule has 1 aromatic heterocycles. The number of thioether (sulfide) groups is 1. The second-order valence-electron chi connectivity index (χ2n) is 6.85. The summed E-state index contributed by atoms with van der Waals surface area (Å²) in [7, 11) is 3.48. The molecule has 1 aromatic carbocycles. The van der Waals surface area contributed by atoms with Crippen LogP contribution in [0.5, 0.6) is 0 Å². The number of nitrogens with zero attached hydrogens (tertiary/aromatic N) is 3. The van der Waals surface area contributed by atoms with Crippen LogP contribution in [0.4, 0.5) is 0 Å². The molecule has 2 heterocycles. The van der Waals surface area contributed by atoms with Gasteiger partial charge in [0.1, 0.15) is 0 Å². The summed E-state index contributed by atoms with van der Waals surface area (Å²) in [6.45, 7) is 3.96. The predicted octanol–water partition coefficient (Wildman–Crippen LogP) is 3.54. The standard InChI is InChI=1S/C20H24ClN3O2S2/c1-22(2)19(25)14-27-17-6-4-3-5-16(17)20(26)24-11-9-23(10-12-24)13-15-7-8-18(21)28-15/h3-8H,9-14H2,1-2H3. The van der Waals surface area contributed by atoms with Gasteiger partial charge in [0.25, 0.3) is 5.91 Å². The van der Waals surface area contributed by atoms with Crippen molar-refractivity contribution in [1.29, 1.82) is 0 Å². The lowest BCUT2D eigenvalue weighted by Gasteiger charge is -2.34. The Morgan fingerprint density at radius 1 is 1.11 bits per heavy atom. The van der Waals surface area contributed by atoms with E-state index >= 15 is 0 Å². The SMILES string of the molecule is CN(C)C(=O)CSc1ccccc1C(=O)N1CCN(Cc2ccc(Cl)s2)CC1. The first-order valence-electron chi connectivity index (χ1n) is 9.12. The van der Waals surface area contributed by atoms with Crippen molar-refractivity contribution in [2.75, 3.05) is 46.0 Å². The van der Waals surface area contributed by atoms with E-state index in [0.717, 1.165) is 28.9 Å². The average Bonchev–Trinajstić information content (AvgIpc) is 3.11. The minimum Gasteiger partial charge on any atom is -0.348 e. The van der Waals surface area contributed by atoms with Crippen LogP contribution in [-0.2, 0) is 11.3 Å². The van der Waals surface area contributed by atoms with Gasteiger partial charge < -0.3 is 9.80 Å². The highest BCUT2D eigenvalue weighted by Crippen LogP contribution is 2.26. The number of carbonyl (C=O) groups excluding carboxylic acids is 2. The molecule has 1 fully saturated rings. The lowest BCUT2D eigenvalue weighted by molar-refractivity contribution is -0.125. The average molecular weight is 438 g/mol. The number of halogens is 1. The molecule has 1 aliphatic rings. The van der Waals surface area contributed by atoms with E-state index in [4.69, 9.17) is 11.6 Å². The van der Waals surface area contributed by atoms with Crippen molar-refractivity contribution in [2.45, 2.75) is 11.4 Å². The molecule has 1 aliphatic heterocycles. The third kappa shape index (κ3) is 5.50. The summed E-state index contributed by atoms with van der Waals surface area (Å²) < 4.78 is 0.811. The Hall–Kier alpha value is -1.54. The van der Waals surface area contributed by atoms with E-state index in [9.17, 15) is 9.59 Å². The molecule has 3 rings (SSSR count). The van der Waals surface area contributed by atoms with Crippen molar-refractivity contribution in [3.63, 3.8) is 0 Å². The highest BCUT2D eigenvalue weighted by atomic mass is 35.5. The second kappa shape index (κ2) is 9.78. The highest BCUT2D eigenvalue weighted by molar-refractivity contribution is 8.00. The van der Waals surface area contributed by atoms with Crippen LogP contribution in [0, 0.1) is 0 Å². The van der Waals surface area contributed by atoms with Crippen LogP contribution in [0.3, 0.4) is 0 Å². The topological polar surface area (TPSA) is 43.9 Å². The summed E-state index contributed by atoms with van der Waals surface area (Å²) in [5.41, 5.74) is 0.678. The van der Waals surface area contributed by atoms with Gasteiger partial charge in [-0.1, -0.05) is 23.7 Å². The van der Waals surface area contributed by atoms with Gasteiger partial charge in [0.15, 0.2) is 0 Å². The number of benzene rings is 1. The largest absolute Gasteiger partial charge is 0.348 e. The molecule has 1 saturated heterocycles. The fraction of sp³-hybridized carbons (Fsp3) is 0.400. The van der Waals surface area contributed by atoms with Gasteiger partial charge in [-0.05, 0) is 24.3 Å². The third-order valence-corrected chi connectivity index (χ3v) is 6.91. The van der Waals surface area contributed by atoms with Gasteiger partial charge in [-0.3, -0.25) is 14.5 Å². The molecule has 28 heavy (non-hydrogen) atoms. The molecule has 0 saturated carbocycles. The Balaban J connectivity index is 1.58. The monoisotopic (exact) mass is 437 g/mol. The quantitative estimate of drug-likeness (QED) is 0.648. The van der Waals surface area contributed by atoms with Gasteiger partial charge in [-0.25, -0.2) is 0 Å². The van der Waals surface area contributed by atoms with Crippen molar-refractivity contribution < 1.29 is 9.59 Å². The number of thiophene rings is 1. The molecule has 8 heteroatoms. The van der Waals surface area contributed by atoms with Gasteiger partial charge >= 0.3 is 0 Å². The first-order valence-corrected chi connectivity index (χ1v) is 11.3. The van der Waals surface area contributed by atoms with Crippen LogP contribution in [0.1, 0.15) is 15.2 Å². The van der Waals surface area contributed by atoms with Crippen LogP contribution in [0.25, 0.3) is 0 Å². The van der Waals surface area contributed by atoms with Gasteiger partial charge in [-0.2, -0.15) is 0 Å². The molecule has 0 radical (unpaired) electrons. The van der Waals surface area contributed by atoms with Gasteiger partial charge in [0.2, 0.25) is 5.91 Å². The maximum absolute atomic E-state index is 13.1. The zero-order valence-electron chi connectivity index (χ0n) is 16.1. The fourth-order valence-electron chi connectivity index (χ4n) is 2.97. The van der Waals surface area contributed by atoms with Crippen molar-refractivity contribution >= 4 is 46.5 Å². The van der Waals surface area contributed by atoms with E-state index in [-0.39, 0.29) is 11.8 Å². The number of piperazine rings is 1. The molecule has 2 amide bonds. The van der Waals surface area contributed by atoms with Crippen molar-refractivity contribution in [3.05, 3.63) is 51.2 Å². The zero-order chi connectivity index (χ0) is 20.1. The second-order valence-corrected chi connectivity index (χ2v) is 9.66. The molecule has 0 aliphatic carbocycles. The number of hydrogen-bond donors (Lipinski definition) is 0. The molecule has 0 unspecified atom stereocenters. The Labute approximate surface area is 179 Å². The highest BCUT2D eigenvalue weighted by Gasteiger charge is 2.24. The molecular formula is C20H24ClN3O2S2.